The van der Waals surface area contributed by atoms with E-state index < -0.39 is 11.8 Å². The van der Waals surface area contributed by atoms with Crippen LogP contribution >= 0.6 is 11.6 Å². The number of hydrogen-bond acceptors (Lipinski definition) is 5. The van der Waals surface area contributed by atoms with Gasteiger partial charge in [-0.1, -0.05) is 11.6 Å². The second-order valence-electron chi connectivity index (χ2n) is 6.87. The average molecular weight is 439 g/mol. The van der Waals surface area contributed by atoms with Crippen molar-refractivity contribution in [2.24, 2.45) is 0 Å². The molecule has 1 aromatic carbocycles. The minimum atomic E-state index is -0.567. The maximum Gasteiger partial charge on any atom is 0.290 e. The predicted molar refractivity (Wildman–Crippen MR) is 114 cm³/mol. The molecule has 0 saturated carbocycles. The van der Waals surface area contributed by atoms with E-state index in [1.807, 2.05) is 19.9 Å². The molecule has 0 unspecified atom stereocenters. The highest BCUT2D eigenvalue weighted by atomic mass is 35.5. The average Bonchev–Trinajstić information content (AvgIpc) is 3.47. The van der Waals surface area contributed by atoms with Crippen LogP contribution in [-0.4, -0.2) is 31.4 Å². The number of carbonyl (C=O) groups excluding carboxylic acids is 2. The first kappa shape index (κ1) is 20.4. The molecule has 0 saturated heterocycles. The van der Waals surface area contributed by atoms with Crippen LogP contribution in [-0.2, 0) is 11.3 Å². The molecule has 0 aliphatic rings. The van der Waals surface area contributed by atoms with Crippen molar-refractivity contribution < 1.29 is 14.0 Å². The molecule has 3 aromatic heterocycles. The molecule has 0 bridgehead atoms. The maximum absolute atomic E-state index is 12.6. The van der Waals surface area contributed by atoms with Crippen LogP contribution in [0.25, 0.3) is 17.1 Å². The van der Waals surface area contributed by atoms with Gasteiger partial charge in [0.1, 0.15) is 12.2 Å². The summed E-state index contributed by atoms with van der Waals surface area (Å²) in [5.41, 5.74) is 7.81. The van der Waals surface area contributed by atoms with Gasteiger partial charge in [-0.05, 0) is 56.3 Å². The highest BCUT2D eigenvalue weighted by molar-refractivity contribution is 6.30. The molecule has 0 spiro atoms. The minimum absolute atomic E-state index is 0.0170. The van der Waals surface area contributed by atoms with Gasteiger partial charge in [-0.15, -0.1) is 0 Å². The van der Waals surface area contributed by atoms with Gasteiger partial charge in [0.05, 0.1) is 17.6 Å². The standard InChI is InChI=1S/C21H19ClN6O3/c1-13-10-14(2)27(25-13)12-20(29)23-24-21(30)17-11-18(19-4-3-9-31-19)28(26-17)16-7-5-15(22)6-8-16/h3-11H,12H2,1-2H3,(H,23,29)(H,24,30). The van der Waals surface area contributed by atoms with E-state index in [1.54, 1.807) is 51.8 Å². The number of rotatable bonds is 5. The van der Waals surface area contributed by atoms with Crippen molar-refractivity contribution in [1.29, 1.82) is 0 Å². The molecule has 0 radical (unpaired) electrons. The van der Waals surface area contributed by atoms with Crippen molar-refractivity contribution in [3.63, 3.8) is 0 Å². The van der Waals surface area contributed by atoms with Crippen LogP contribution in [0.2, 0.25) is 5.02 Å². The van der Waals surface area contributed by atoms with Gasteiger partial charge in [0, 0.05) is 16.8 Å². The molecule has 2 amide bonds. The van der Waals surface area contributed by atoms with Crippen LogP contribution in [0.3, 0.4) is 0 Å². The third-order valence-corrected chi connectivity index (χ3v) is 4.75. The Balaban J connectivity index is 1.51. The lowest BCUT2D eigenvalue weighted by Gasteiger charge is -2.07. The maximum atomic E-state index is 12.6. The van der Waals surface area contributed by atoms with E-state index in [0.717, 1.165) is 11.4 Å². The van der Waals surface area contributed by atoms with Crippen LogP contribution in [0, 0.1) is 13.8 Å². The van der Waals surface area contributed by atoms with Crippen LogP contribution in [0.4, 0.5) is 0 Å². The Hall–Kier alpha value is -3.85. The zero-order chi connectivity index (χ0) is 22.0. The number of benzene rings is 1. The molecule has 4 aromatic rings. The van der Waals surface area contributed by atoms with Gasteiger partial charge in [0.2, 0.25) is 0 Å². The molecule has 0 aliphatic heterocycles. The summed E-state index contributed by atoms with van der Waals surface area (Å²) in [4.78, 5) is 24.8. The highest BCUT2D eigenvalue weighted by Gasteiger charge is 2.19. The van der Waals surface area contributed by atoms with Crippen molar-refractivity contribution in [3.05, 3.63) is 76.9 Å². The Morgan fingerprint density at radius 1 is 1.06 bits per heavy atom. The Bertz CT molecular complexity index is 1220. The third-order valence-electron chi connectivity index (χ3n) is 4.50. The summed E-state index contributed by atoms with van der Waals surface area (Å²) in [5, 5.41) is 9.19. The Morgan fingerprint density at radius 3 is 2.48 bits per heavy atom. The largest absolute Gasteiger partial charge is 0.463 e. The molecule has 158 valence electrons. The Kier molecular flexibility index (Phi) is 5.59. The monoisotopic (exact) mass is 438 g/mol. The number of aryl methyl sites for hydroxylation is 2. The fourth-order valence-electron chi connectivity index (χ4n) is 3.07. The summed E-state index contributed by atoms with van der Waals surface area (Å²) in [5.74, 6) is -0.444. The summed E-state index contributed by atoms with van der Waals surface area (Å²) >= 11 is 5.98. The Morgan fingerprint density at radius 2 is 1.84 bits per heavy atom. The first-order valence-electron chi connectivity index (χ1n) is 9.41. The number of hydrazine groups is 1. The topological polar surface area (TPSA) is 107 Å². The highest BCUT2D eigenvalue weighted by Crippen LogP contribution is 2.25. The number of carbonyl (C=O) groups is 2. The summed E-state index contributed by atoms with van der Waals surface area (Å²) in [6.07, 6.45) is 1.54. The fourth-order valence-corrected chi connectivity index (χ4v) is 3.20. The first-order chi connectivity index (χ1) is 14.9. The molecular weight excluding hydrogens is 420 g/mol. The molecule has 10 heteroatoms. The van der Waals surface area contributed by atoms with Gasteiger partial charge in [0.15, 0.2) is 11.5 Å². The normalized spacial score (nSPS) is 10.8. The lowest BCUT2D eigenvalue weighted by molar-refractivity contribution is -0.122. The van der Waals surface area contributed by atoms with Gasteiger partial charge in [0.25, 0.3) is 11.8 Å². The number of nitrogens with one attached hydrogen (secondary N) is 2. The molecule has 9 nitrogen and oxygen atoms in total. The number of halogens is 1. The molecule has 3 heterocycles. The molecule has 0 atom stereocenters. The zero-order valence-corrected chi connectivity index (χ0v) is 17.6. The van der Waals surface area contributed by atoms with Gasteiger partial charge < -0.3 is 4.42 Å². The fraction of sp³-hybridized carbons (Fsp3) is 0.143. The van der Waals surface area contributed by atoms with Crippen LogP contribution in [0.1, 0.15) is 21.9 Å². The van der Waals surface area contributed by atoms with Crippen LogP contribution in [0.15, 0.2) is 59.2 Å². The smallest absolute Gasteiger partial charge is 0.290 e. The summed E-state index contributed by atoms with van der Waals surface area (Å²) in [6.45, 7) is 3.68. The van der Waals surface area contributed by atoms with Crippen molar-refractivity contribution in [2.75, 3.05) is 0 Å². The minimum Gasteiger partial charge on any atom is -0.463 e. The second kappa shape index (κ2) is 8.49. The quantitative estimate of drug-likeness (QED) is 0.466. The van der Waals surface area contributed by atoms with Gasteiger partial charge in [-0.2, -0.15) is 10.2 Å². The molecule has 31 heavy (non-hydrogen) atoms. The van der Waals surface area contributed by atoms with E-state index >= 15 is 0 Å². The van der Waals surface area contributed by atoms with Crippen LogP contribution in [0.5, 0.6) is 0 Å². The number of nitrogens with zero attached hydrogens (tertiary/aromatic N) is 4. The van der Waals surface area contributed by atoms with Gasteiger partial charge in [-0.25, -0.2) is 4.68 Å². The zero-order valence-electron chi connectivity index (χ0n) is 16.8. The SMILES string of the molecule is Cc1cc(C)n(CC(=O)NNC(=O)c2cc(-c3ccco3)n(-c3ccc(Cl)cc3)n2)n1. The molecule has 0 aliphatic carbocycles. The van der Waals surface area contributed by atoms with E-state index in [9.17, 15) is 9.59 Å². The molecule has 2 N–H and O–H groups in total. The van der Waals surface area contributed by atoms with E-state index in [4.69, 9.17) is 16.0 Å². The van der Waals surface area contributed by atoms with E-state index in [-0.39, 0.29) is 12.2 Å². The number of aromatic nitrogens is 4. The first-order valence-corrected chi connectivity index (χ1v) is 9.78. The van der Waals surface area contributed by atoms with Crippen molar-refractivity contribution in [2.45, 2.75) is 20.4 Å². The lowest BCUT2D eigenvalue weighted by atomic mass is 10.2. The molecule has 4 rings (SSSR count). The molecule has 0 fully saturated rings. The van der Waals surface area contributed by atoms with Gasteiger partial charge >= 0.3 is 0 Å². The van der Waals surface area contributed by atoms with Gasteiger partial charge in [-0.3, -0.25) is 25.1 Å². The summed E-state index contributed by atoms with van der Waals surface area (Å²) in [6, 6.07) is 14.0. The summed E-state index contributed by atoms with van der Waals surface area (Å²) in [7, 11) is 0. The third kappa shape index (κ3) is 4.51. The van der Waals surface area contributed by atoms with Crippen molar-refractivity contribution in [3.8, 4) is 17.1 Å². The van der Waals surface area contributed by atoms with Crippen LogP contribution < -0.4 is 10.9 Å². The number of hydrogen-bond donors (Lipinski definition) is 2. The lowest BCUT2D eigenvalue weighted by Crippen LogP contribution is -2.43. The van der Waals surface area contributed by atoms with E-state index in [0.29, 0.717) is 22.2 Å². The summed E-state index contributed by atoms with van der Waals surface area (Å²) < 4.78 is 8.61. The number of furan rings is 1. The molecular formula is C21H19ClN6O3. The number of amides is 2. The predicted octanol–water partition coefficient (Wildman–Crippen LogP) is 3.06. The second-order valence-corrected chi connectivity index (χ2v) is 7.30. The van der Waals surface area contributed by atoms with Crippen molar-refractivity contribution >= 4 is 23.4 Å². The van der Waals surface area contributed by atoms with E-state index in [1.165, 1.54) is 6.26 Å². The van der Waals surface area contributed by atoms with E-state index in [2.05, 4.69) is 21.0 Å². The van der Waals surface area contributed by atoms with Crippen molar-refractivity contribution in [1.82, 2.24) is 30.4 Å². The Labute approximate surface area is 182 Å².